The number of hydrogen-bond donors (Lipinski definition) is 0. The van der Waals surface area contributed by atoms with Crippen LogP contribution in [0.1, 0.15) is 23.7 Å². The molecule has 1 saturated heterocycles. The maximum Gasteiger partial charge on any atom is 0.311 e. The minimum absolute atomic E-state index is 0.00400. The number of para-hydroxylation sites is 2. The number of hydrogen-bond acceptors (Lipinski definition) is 5. The summed E-state index contributed by atoms with van der Waals surface area (Å²) in [6, 6.07) is 12.1. The first-order chi connectivity index (χ1) is 13.5. The Balaban J connectivity index is 1.61. The first-order valence-electron chi connectivity index (χ1n) is 8.97. The Morgan fingerprint density at radius 2 is 1.86 bits per heavy atom. The van der Waals surface area contributed by atoms with E-state index in [0.29, 0.717) is 18.0 Å². The summed E-state index contributed by atoms with van der Waals surface area (Å²) in [5.74, 6) is -1.80. The largest absolute Gasteiger partial charge is 0.492 e. The number of benzene rings is 2. The summed E-state index contributed by atoms with van der Waals surface area (Å²) in [6.45, 7) is 2.01. The Morgan fingerprint density at radius 1 is 1.14 bits per heavy atom. The van der Waals surface area contributed by atoms with Gasteiger partial charge in [0.25, 0.3) is 0 Å². The van der Waals surface area contributed by atoms with Crippen LogP contribution in [-0.4, -0.2) is 37.4 Å². The van der Waals surface area contributed by atoms with Crippen molar-refractivity contribution in [2.45, 2.75) is 13.3 Å². The third-order valence-electron chi connectivity index (χ3n) is 4.43. The van der Waals surface area contributed by atoms with Gasteiger partial charge in [0.05, 0.1) is 18.2 Å². The van der Waals surface area contributed by atoms with E-state index >= 15 is 0 Å². The molecule has 0 saturated carbocycles. The highest BCUT2D eigenvalue weighted by Crippen LogP contribution is 2.33. The van der Waals surface area contributed by atoms with Crippen LogP contribution >= 0.6 is 0 Å². The minimum atomic E-state index is -0.664. The van der Waals surface area contributed by atoms with Crippen molar-refractivity contribution in [2.75, 3.05) is 24.7 Å². The molecule has 1 fully saturated rings. The molecule has 1 heterocycles. The molecule has 28 heavy (non-hydrogen) atoms. The van der Waals surface area contributed by atoms with E-state index in [9.17, 15) is 18.8 Å². The van der Waals surface area contributed by atoms with Crippen molar-refractivity contribution in [3.63, 3.8) is 0 Å². The summed E-state index contributed by atoms with van der Waals surface area (Å²) >= 11 is 0. The monoisotopic (exact) mass is 385 g/mol. The zero-order valence-electron chi connectivity index (χ0n) is 15.4. The predicted molar refractivity (Wildman–Crippen MR) is 99.8 cm³/mol. The molecule has 0 aromatic heterocycles. The highest BCUT2D eigenvalue weighted by atomic mass is 19.1. The van der Waals surface area contributed by atoms with Crippen LogP contribution in [0, 0.1) is 11.7 Å². The molecule has 0 N–H and O–H groups in total. The molecule has 1 amide bonds. The van der Waals surface area contributed by atoms with E-state index in [1.165, 1.54) is 29.2 Å². The second-order valence-corrected chi connectivity index (χ2v) is 6.34. The van der Waals surface area contributed by atoms with Crippen LogP contribution in [-0.2, 0) is 14.3 Å². The third kappa shape index (κ3) is 4.36. The predicted octanol–water partition coefficient (Wildman–Crippen LogP) is 3.00. The van der Waals surface area contributed by atoms with Crippen LogP contribution in [0.25, 0.3) is 0 Å². The summed E-state index contributed by atoms with van der Waals surface area (Å²) in [7, 11) is 0. The summed E-state index contributed by atoms with van der Waals surface area (Å²) in [6.07, 6.45) is 0.00400. The molecule has 0 aliphatic carbocycles. The van der Waals surface area contributed by atoms with Gasteiger partial charge in [-0.05, 0) is 43.3 Å². The second-order valence-electron chi connectivity index (χ2n) is 6.34. The van der Waals surface area contributed by atoms with E-state index in [2.05, 4.69) is 0 Å². The van der Waals surface area contributed by atoms with E-state index in [-0.39, 0.29) is 24.4 Å². The van der Waals surface area contributed by atoms with Crippen LogP contribution in [0.15, 0.2) is 48.5 Å². The molecular weight excluding hydrogens is 365 g/mol. The van der Waals surface area contributed by atoms with Gasteiger partial charge in [-0.15, -0.1) is 0 Å². The fourth-order valence-electron chi connectivity index (χ4n) is 3.03. The van der Waals surface area contributed by atoms with Crippen molar-refractivity contribution in [2.24, 2.45) is 5.92 Å². The quantitative estimate of drug-likeness (QED) is 0.541. The maximum atomic E-state index is 12.9. The van der Waals surface area contributed by atoms with Crippen molar-refractivity contribution in [3.8, 4) is 5.75 Å². The van der Waals surface area contributed by atoms with Gasteiger partial charge in [0.2, 0.25) is 5.91 Å². The van der Waals surface area contributed by atoms with Crippen molar-refractivity contribution >= 4 is 23.3 Å². The molecule has 146 valence electrons. The van der Waals surface area contributed by atoms with Gasteiger partial charge in [-0.25, -0.2) is 4.39 Å². The average Bonchev–Trinajstić information content (AvgIpc) is 3.09. The van der Waals surface area contributed by atoms with Crippen molar-refractivity contribution in [1.29, 1.82) is 0 Å². The first-order valence-corrected chi connectivity index (χ1v) is 8.97. The fourth-order valence-corrected chi connectivity index (χ4v) is 3.03. The lowest BCUT2D eigenvalue weighted by atomic mass is 10.1. The van der Waals surface area contributed by atoms with Gasteiger partial charge in [-0.2, -0.15) is 0 Å². The number of amides is 1. The summed E-state index contributed by atoms with van der Waals surface area (Å²) < 4.78 is 23.6. The zero-order chi connectivity index (χ0) is 20.1. The number of carbonyl (C=O) groups is 3. The fraction of sp³-hybridized carbons (Fsp3) is 0.286. The van der Waals surface area contributed by atoms with Gasteiger partial charge in [-0.1, -0.05) is 12.1 Å². The van der Waals surface area contributed by atoms with Gasteiger partial charge >= 0.3 is 5.97 Å². The van der Waals surface area contributed by atoms with E-state index in [1.54, 1.807) is 18.2 Å². The van der Waals surface area contributed by atoms with Crippen LogP contribution in [0.5, 0.6) is 5.75 Å². The average molecular weight is 385 g/mol. The summed E-state index contributed by atoms with van der Waals surface area (Å²) in [5, 5.41) is 0. The van der Waals surface area contributed by atoms with E-state index in [0.717, 1.165) is 0 Å². The Labute approximate surface area is 161 Å². The van der Waals surface area contributed by atoms with Gasteiger partial charge in [0, 0.05) is 18.5 Å². The maximum absolute atomic E-state index is 12.9. The summed E-state index contributed by atoms with van der Waals surface area (Å²) in [5.41, 5.74) is 0.857. The van der Waals surface area contributed by atoms with Gasteiger partial charge in [0.15, 0.2) is 12.4 Å². The van der Waals surface area contributed by atoms with E-state index < -0.39 is 30.1 Å². The molecule has 0 bridgehead atoms. The smallest absolute Gasteiger partial charge is 0.311 e. The lowest BCUT2D eigenvalue weighted by molar-refractivity contribution is -0.147. The second kappa shape index (κ2) is 8.65. The Bertz CT molecular complexity index is 881. The van der Waals surface area contributed by atoms with Gasteiger partial charge in [0.1, 0.15) is 11.6 Å². The number of ether oxygens (including phenoxy) is 2. The highest BCUT2D eigenvalue weighted by Gasteiger charge is 2.37. The Morgan fingerprint density at radius 3 is 2.57 bits per heavy atom. The number of Topliss-reactive ketones (excluding diaryl/α,β-unsaturated/α-hetero) is 1. The molecule has 0 radical (unpaired) electrons. The molecule has 0 spiro atoms. The number of esters is 1. The molecule has 1 atom stereocenters. The topological polar surface area (TPSA) is 72.9 Å². The van der Waals surface area contributed by atoms with E-state index in [4.69, 9.17) is 9.47 Å². The molecule has 1 aliphatic rings. The van der Waals surface area contributed by atoms with Gasteiger partial charge < -0.3 is 14.4 Å². The van der Waals surface area contributed by atoms with E-state index in [1.807, 2.05) is 13.0 Å². The van der Waals surface area contributed by atoms with Crippen molar-refractivity contribution in [3.05, 3.63) is 59.9 Å². The van der Waals surface area contributed by atoms with Crippen LogP contribution in [0.2, 0.25) is 0 Å². The molecule has 1 aliphatic heterocycles. The number of anilines is 1. The molecule has 6 nitrogen and oxygen atoms in total. The SMILES string of the molecule is CCOc1ccccc1N1C[C@@H](C(=O)OCC(=O)c2ccc(F)cc2)CC1=O. The normalized spacial score (nSPS) is 16.1. The molecule has 3 rings (SSSR count). The standard InChI is InChI=1S/C21H20FNO5/c1-2-27-19-6-4-3-5-17(19)23-12-15(11-20(23)25)21(26)28-13-18(24)14-7-9-16(22)10-8-14/h3-10,15H,2,11-13H2,1H3/t15-/m0/s1. The molecule has 2 aromatic rings. The van der Waals surface area contributed by atoms with Crippen molar-refractivity contribution < 1.29 is 28.2 Å². The summed E-state index contributed by atoms with van der Waals surface area (Å²) in [4.78, 5) is 38.3. The highest BCUT2D eigenvalue weighted by molar-refractivity contribution is 6.01. The number of halogens is 1. The van der Waals surface area contributed by atoms with Crippen LogP contribution < -0.4 is 9.64 Å². The number of rotatable bonds is 7. The van der Waals surface area contributed by atoms with Crippen LogP contribution in [0.3, 0.4) is 0 Å². The molecule has 0 unspecified atom stereocenters. The number of carbonyl (C=O) groups excluding carboxylic acids is 3. The van der Waals surface area contributed by atoms with Gasteiger partial charge in [-0.3, -0.25) is 14.4 Å². The Hall–Kier alpha value is -3.22. The molecule has 2 aromatic carbocycles. The van der Waals surface area contributed by atoms with Crippen molar-refractivity contribution in [1.82, 2.24) is 0 Å². The lowest BCUT2D eigenvalue weighted by Crippen LogP contribution is -2.27. The number of ketones is 1. The zero-order valence-corrected chi connectivity index (χ0v) is 15.4. The number of nitrogens with zero attached hydrogens (tertiary/aromatic N) is 1. The molecule has 7 heteroatoms. The third-order valence-corrected chi connectivity index (χ3v) is 4.43. The first kappa shape index (κ1) is 19.5. The Kier molecular flexibility index (Phi) is 6.03. The molecular formula is C21H20FNO5. The minimum Gasteiger partial charge on any atom is -0.492 e. The van der Waals surface area contributed by atoms with Crippen LogP contribution in [0.4, 0.5) is 10.1 Å². The lowest BCUT2D eigenvalue weighted by Gasteiger charge is -2.19.